The first-order chi connectivity index (χ1) is 9.00. The number of hydrogen-bond acceptors (Lipinski definition) is 4. The lowest BCUT2D eigenvalue weighted by molar-refractivity contribution is 0.517. The maximum atomic E-state index is 11.6. The SMILES string of the molecule is CN(C)S(=O)(=O)CCNCc1csc2ccccc12. The molecule has 0 bridgehead atoms. The molecule has 2 aromatic rings. The van der Waals surface area contributed by atoms with Crippen molar-refractivity contribution in [2.75, 3.05) is 26.4 Å². The van der Waals surface area contributed by atoms with Crippen molar-refractivity contribution < 1.29 is 8.42 Å². The van der Waals surface area contributed by atoms with Crippen LogP contribution in [-0.2, 0) is 16.6 Å². The zero-order valence-electron chi connectivity index (χ0n) is 11.1. The van der Waals surface area contributed by atoms with Gasteiger partial charge < -0.3 is 5.32 Å². The van der Waals surface area contributed by atoms with Crippen LogP contribution in [0.15, 0.2) is 29.6 Å². The summed E-state index contributed by atoms with van der Waals surface area (Å²) in [6.45, 7) is 1.16. The third kappa shape index (κ3) is 3.54. The average Bonchev–Trinajstić information content (AvgIpc) is 2.78. The quantitative estimate of drug-likeness (QED) is 0.829. The summed E-state index contributed by atoms with van der Waals surface area (Å²) in [4.78, 5) is 0. The Hall–Kier alpha value is -0.950. The fraction of sp³-hybridized carbons (Fsp3) is 0.385. The van der Waals surface area contributed by atoms with Crippen LogP contribution in [0.2, 0.25) is 0 Å². The predicted molar refractivity (Wildman–Crippen MR) is 81.0 cm³/mol. The first-order valence-electron chi connectivity index (χ1n) is 6.07. The molecule has 0 radical (unpaired) electrons. The maximum Gasteiger partial charge on any atom is 0.214 e. The highest BCUT2D eigenvalue weighted by atomic mass is 32.2. The summed E-state index contributed by atoms with van der Waals surface area (Å²) < 4.78 is 25.7. The molecule has 19 heavy (non-hydrogen) atoms. The van der Waals surface area contributed by atoms with Gasteiger partial charge in [0.05, 0.1) is 5.75 Å². The van der Waals surface area contributed by atoms with Crippen LogP contribution in [0.4, 0.5) is 0 Å². The summed E-state index contributed by atoms with van der Waals surface area (Å²) >= 11 is 1.72. The molecular weight excluding hydrogens is 280 g/mol. The molecule has 2 rings (SSSR count). The molecule has 0 aliphatic rings. The standard InChI is InChI=1S/C13H18N2O2S2/c1-15(2)19(16,17)8-7-14-9-11-10-18-13-6-4-3-5-12(11)13/h3-6,10,14H,7-9H2,1-2H3. The van der Waals surface area contributed by atoms with E-state index in [-0.39, 0.29) is 5.75 Å². The molecule has 0 spiro atoms. The van der Waals surface area contributed by atoms with Gasteiger partial charge in [-0.05, 0) is 22.4 Å². The van der Waals surface area contributed by atoms with E-state index in [4.69, 9.17) is 0 Å². The first-order valence-corrected chi connectivity index (χ1v) is 8.55. The third-order valence-electron chi connectivity index (χ3n) is 2.97. The van der Waals surface area contributed by atoms with E-state index in [1.165, 1.54) is 20.0 Å². The first kappa shape index (κ1) is 14.5. The van der Waals surface area contributed by atoms with Crippen molar-refractivity contribution >= 4 is 31.4 Å². The highest BCUT2D eigenvalue weighted by Gasteiger charge is 2.12. The summed E-state index contributed by atoms with van der Waals surface area (Å²) in [6.07, 6.45) is 0. The molecule has 1 aromatic carbocycles. The van der Waals surface area contributed by atoms with Gasteiger partial charge in [-0.1, -0.05) is 18.2 Å². The zero-order chi connectivity index (χ0) is 13.9. The molecule has 0 saturated heterocycles. The topological polar surface area (TPSA) is 49.4 Å². The van der Waals surface area contributed by atoms with E-state index >= 15 is 0 Å². The van der Waals surface area contributed by atoms with Crippen LogP contribution in [0, 0.1) is 0 Å². The molecule has 0 aliphatic heterocycles. The van der Waals surface area contributed by atoms with Crippen molar-refractivity contribution in [3.05, 3.63) is 35.2 Å². The summed E-state index contributed by atoms with van der Waals surface area (Å²) in [5, 5.41) is 6.56. The Kier molecular flexibility index (Phi) is 4.57. The van der Waals surface area contributed by atoms with Crippen molar-refractivity contribution in [2.45, 2.75) is 6.54 Å². The smallest absolute Gasteiger partial charge is 0.214 e. The fourth-order valence-corrected chi connectivity index (χ4v) is 3.51. The number of rotatable bonds is 6. The predicted octanol–water partition coefficient (Wildman–Crippen LogP) is 1.88. The van der Waals surface area contributed by atoms with Crippen LogP contribution in [0.1, 0.15) is 5.56 Å². The summed E-state index contributed by atoms with van der Waals surface area (Å²) in [7, 11) is 0.00621. The molecule has 0 fully saturated rings. The molecule has 0 aliphatic carbocycles. The largest absolute Gasteiger partial charge is 0.312 e. The normalized spacial score (nSPS) is 12.4. The average molecular weight is 298 g/mol. The molecule has 0 unspecified atom stereocenters. The monoisotopic (exact) mass is 298 g/mol. The number of thiophene rings is 1. The molecule has 0 amide bonds. The van der Waals surface area contributed by atoms with E-state index < -0.39 is 10.0 Å². The third-order valence-corrected chi connectivity index (χ3v) is 5.81. The fourth-order valence-electron chi connectivity index (χ4n) is 1.78. The maximum absolute atomic E-state index is 11.6. The lowest BCUT2D eigenvalue weighted by atomic mass is 10.2. The van der Waals surface area contributed by atoms with Gasteiger partial charge in [0.15, 0.2) is 0 Å². The van der Waals surface area contributed by atoms with Crippen LogP contribution >= 0.6 is 11.3 Å². The molecule has 6 heteroatoms. The second kappa shape index (κ2) is 6.00. The van der Waals surface area contributed by atoms with Gasteiger partial charge in [0.2, 0.25) is 10.0 Å². The van der Waals surface area contributed by atoms with E-state index in [0.29, 0.717) is 13.1 Å². The molecule has 104 valence electrons. The molecule has 1 aromatic heterocycles. The second-order valence-corrected chi connectivity index (χ2v) is 7.75. The minimum absolute atomic E-state index is 0.127. The minimum Gasteiger partial charge on any atom is -0.312 e. The Bertz CT molecular complexity index is 647. The second-order valence-electron chi connectivity index (χ2n) is 4.53. The van der Waals surface area contributed by atoms with Gasteiger partial charge >= 0.3 is 0 Å². The van der Waals surface area contributed by atoms with Gasteiger partial charge in [0, 0.05) is 31.9 Å². The van der Waals surface area contributed by atoms with E-state index in [9.17, 15) is 8.42 Å². The van der Waals surface area contributed by atoms with Gasteiger partial charge in [0.1, 0.15) is 0 Å². The van der Waals surface area contributed by atoms with Gasteiger partial charge in [-0.25, -0.2) is 12.7 Å². The highest BCUT2D eigenvalue weighted by Crippen LogP contribution is 2.25. The Morgan fingerprint density at radius 2 is 2.00 bits per heavy atom. The summed E-state index contributed by atoms with van der Waals surface area (Å²) in [5.74, 6) is 0.127. The van der Waals surface area contributed by atoms with Gasteiger partial charge in [-0.15, -0.1) is 11.3 Å². The number of nitrogens with one attached hydrogen (secondary N) is 1. The van der Waals surface area contributed by atoms with Gasteiger partial charge in [-0.2, -0.15) is 0 Å². The Morgan fingerprint density at radius 3 is 2.74 bits per heavy atom. The van der Waals surface area contributed by atoms with Crippen LogP contribution in [-0.4, -0.2) is 39.1 Å². The Labute approximate surface area is 118 Å². The molecule has 1 heterocycles. The van der Waals surface area contributed by atoms with Crippen molar-refractivity contribution in [3.8, 4) is 0 Å². The van der Waals surface area contributed by atoms with E-state index in [2.05, 4.69) is 22.8 Å². The molecule has 1 N–H and O–H groups in total. The van der Waals surface area contributed by atoms with E-state index in [0.717, 1.165) is 0 Å². The highest BCUT2D eigenvalue weighted by molar-refractivity contribution is 7.89. The number of sulfonamides is 1. The molecule has 0 saturated carbocycles. The van der Waals surface area contributed by atoms with Crippen molar-refractivity contribution in [2.24, 2.45) is 0 Å². The van der Waals surface area contributed by atoms with Gasteiger partial charge in [0.25, 0.3) is 0 Å². The molecule has 4 nitrogen and oxygen atoms in total. The van der Waals surface area contributed by atoms with Crippen LogP contribution < -0.4 is 5.32 Å². The summed E-state index contributed by atoms with van der Waals surface area (Å²) in [6, 6.07) is 8.24. The number of nitrogens with zero attached hydrogens (tertiary/aromatic N) is 1. The van der Waals surface area contributed by atoms with E-state index in [1.807, 2.05) is 12.1 Å². The van der Waals surface area contributed by atoms with Crippen molar-refractivity contribution in [1.82, 2.24) is 9.62 Å². The number of fused-ring (bicyclic) bond motifs is 1. The van der Waals surface area contributed by atoms with Gasteiger partial charge in [-0.3, -0.25) is 0 Å². The number of benzene rings is 1. The van der Waals surface area contributed by atoms with Crippen LogP contribution in [0.3, 0.4) is 0 Å². The van der Waals surface area contributed by atoms with Crippen molar-refractivity contribution in [1.29, 1.82) is 0 Å². The Balaban J connectivity index is 1.90. The zero-order valence-corrected chi connectivity index (χ0v) is 12.7. The lowest BCUT2D eigenvalue weighted by Gasteiger charge is -2.11. The van der Waals surface area contributed by atoms with Crippen LogP contribution in [0.5, 0.6) is 0 Å². The number of hydrogen-bond donors (Lipinski definition) is 1. The minimum atomic E-state index is -3.11. The summed E-state index contributed by atoms with van der Waals surface area (Å²) in [5.41, 5.74) is 1.22. The Morgan fingerprint density at radius 1 is 1.26 bits per heavy atom. The van der Waals surface area contributed by atoms with Crippen LogP contribution in [0.25, 0.3) is 10.1 Å². The molecular formula is C13H18N2O2S2. The van der Waals surface area contributed by atoms with E-state index in [1.54, 1.807) is 25.4 Å². The lowest BCUT2D eigenvalue weighted by Crippen LogP contribution is -2.30. The molecule has 0 atom stereocenters. The van der Waals surface area contributed by atoms with Crippen molar-refractivity contribution in [3.63, 3.8) is 0 Å².